The van der Waals surface area contributed by atoms with Gasteiger partial charge in [0, 0.05) is 6.42 Å². The number of nitrogens with two attached hydrogens (primary N) is 1. The van der Waals surface area contributed by atoms with E-state index in [9.17, 15) is 34.2 Å². The van der Waals surface area contributed by atoms with Crippen LogP contribution in [0.2, 0.25) is 0 Å². The van der Waals surface area contributed by atoms with Crippen LogP contribution in [0.4, 0.5) is 0 Å². The molecule has 0 aliphatic rings. The standard InChI is InChI=1S/C14H24N4O9/c1-6(20)11(14(26)27)18-9(21)4-16-13(25)8(5-19)17-12(24)7(15)2-3-10(22)23/h6-8,11,19-20H,2-5,15H2,1H3,(H,16,25)(H,17,24)(H,18,21)(H,22,23)(H,26,27)/t6-,7+,8+,11+/m1/s1. The highest BCUT2D eigenvalue weighted by Gasteiger charge is 2.26. The van der Waals surface area contributed by atoms with Crippen molar-refractivity contribution in [2.75, 3.05) is 13.2 Å². The van der Waals surface area contributed by atoms with Crippen molar-refractivity contribution in [3.63, 3.8) is 0 Å². The van der Waals surface area contributed by atoms with Crippen LogP contribution in [0, 0.1) is 0 Å². The van der Waals surface area contributed by atoms with Crippen molar-refractivity contribution in [2.24, 2.45) is 5.73 Å². The van der Waals surface area contributed by atoms with E-state index in [1.807, 2.05) is 5.32 Å². The first kappa shape index (κ1) is 24.2. The second-order valence-corrected chi connectivity index (χ2v) is 5.62. The van der Waals surface area contributed by atoms with Crippen LogP contribution in [-0.4, -0.2) is 87.5 Å². The smallest absolute Gasteiger partial charge is 0.328 e. The first-order chi connectivity index (χ1) is 12.5. The van der Waals surface area contributed by atoms with E-state index in [0.717, 1.165) is 6.92 Å². The number of carbonyl (C=O) groups is 5. The molecule has 9 N–H and O–H groups in total. The summed E-state index contributed by atoms with van der Waals surface area (Å²) >= 11 is 0. The van der Waals surface area contributed by atoms with E-state index in [2.05, 4.69) is 10.6 Å². The van der Waals surface area contributed by atoms with Crippen LogP contribution in [0.1, 0.15) is 19.8 Å². The second kappa shape index (κ2) is 11.8. The van der Waals surface area contributed by atoms with Crippen molar-refractivity contribution < 1.29 is 44.4 Å². The van der Waals surface area contributed by atoms with Gasteiger partial charge in [-0.25, -0.2) is 4.79 Å². The molecular formula is C14H24N4O9. The van der Waals surface area contributed by atoms with Crippen molar-refractivity contribution in [1.82, 2.24) is 16.0 Å². The molecule has 4 atom stereocenters. The van der Waals surface area contributed by atoms with Crippen molar-refractivity contribution in [2.45, 2.75) is 44.0 Å². The maximum atomic E-state index is 11.9. The number of carbonyl (C=O) groups excluding carboxylic acids is 3. The summed E-state index contributed by atoms with van der Waals surface area (Å²) in [6.45, 7) is -0.342. The van der Waals surface area contributed by atoms with Crippen molar-refractivity contribution >= 4 is 29.7 Å². The summed E-state index contributed by atoms with van der Waals surface area (Å²) < 4.78 is 0. The molecule has 0 fully saturated rings. The molecule has 0 aromatic rings. The second-order valence-electron chi connectivity index (χ2n) is 5.62. The molecule has 0 saturated heterocycles. The molecule has 0 rings (SSSR count). The van der Waals surface area contributed by atoms with E-state index < -0.39 is 67.0 Å². The first-order valence-corrected chi connectivity index (χ1v) is 7.86. The fourth-order valence-electron chi connectivity index (χ4n) is 1.79. The monoisotopic (exact) mass is 392 g/mol. The van der Waals surface area contributed by atoms with Crippen LogP contribution in [0.3, 0.4) is 0 Å². The van der Waals surface area contributed by atoms with Crippen LogP contribution in [0.25, 0.3) is 0 Å². The molecule has 154 valence electrons. The third-order valence-corrected chi connectivity index (χ3v) is 3.31. The first-order valence-electron chi connectivity index (χ1n) is 7.86. The van der Waals surface area contributed by atoms with Crippen molar-refractivity contribution in [3.05, 3.63) is 0 Å². The molecule has 0 aromatic heterocycles. The predicted molar refractivity (Wildman–Crippen MR) is 88.1 cm³/mol. The highest BCUT2D eigenvalue weighted by atomic mass is 16.4. The predicted octanol–water partition coefficient (Wildman–Crippen LogP) is -4.28. The summed E-state index contributed by atoms with van der Waals surface area (Å²) in [6, 6.07) is -4.24. The minimum Gasteiger partial charge on any atom is -0.481 e. The summed E-state index contributed by atoms with van der Waals surface area (Å²) in [5.74, 6) is -5.36. The number of aliphatic carboxylic acids is 2. The Morgan fingerprint density at radius 2 is 1.63 bits per heavy atom. The molecule has 0 spiro atoms. The number of rotatable bonds is 12. The van der Waals surface area contributed by atoms with Crippen molar-refractivity contribution in [1.29, 1.82) is 0 Å². The highest BCUT2D eigenvalue weighted by molar-refractivity contribution is 5.92. The van der Waals surface area contributed by atoms with Gasteiger partial charge in [-0.3, -0.25) is 19.2 Å². The number of amides is 3. The van der Waals surface area contributed by atoms with Gasteiger partial charge in [0.2, 0.25) is 17.7 Å². The molecule has 0 aliphatic carbocycles. The van der Waals surface area contributed by atoms with Crippen molar-refractivity contribution in [3.8, 4) is 0 Å². The summed E-state index contributed by atoms with van der Waals surface area (Å²) in [5, 5.41) is 42.0. The number of carboxylic acids is 2. The van der Waals surface area contributed by atoms with Crippen LogP contribution in [-0.2, 0) is 24.0 Å². The van der Waals surface area contributed by atoms with E-state index in [4.69, 9.17) is 15.9 Å². The van der Waals surface area contributed by atoms with E-state index in [-0.39, 0.29) is 12.8 Å². The fourth-order valence-corrected chi connectivity index (χ4v) is 1.79. The molecule has 0 aliphatic heterocycles. The largest absolute Gasteiger partial charge is 0.481 e. The Kier molecular flexibility index (Phi) is 10.6. The Morgan fingerprint density at radius 3 is 2.07 bits per heavy atom. The van der Waals surface area contributed by atoms with E-state index in [1.54, 1.807) is 0 Å². The lowest BCUT2D eigenvalue weighted by molar-refractivity contribution is -0.144. The van der Waals surface area contributed by atoms with Gasteiger partial charge >= 0.3 is 11.9 Å². The average molecular weight is 392 g/mol. The molecule has 0 unspecified atom stereocenters. The zero-order valence-corrected chi connectivity index (χ0v) is 14.5. The van der Waals surface area contributed by atoms with E-state index >= 15 is 0 Å². The van der Waals surface area contributed by atoms with Crippen LogP contribution >= 0.6 is 0 Å². The SMILES string of the molecule is C[C@@H](O)[C@H](NC(=O)CNC(=O)[C@H](CO)NC(=O)[C@@H](N)CCC(=O)O)C(=O)O. The highest BCUT2D eigenvalue weighted by Crippen LogP contribution is 1.96. The lowest BCUT2D eigenvalue weighted by atomic mass is 10.1. The molecule has 0 bridgehead atoms. The number of carboxylic acid groups (broad SMARTS) is 2. The summed E-state index contributed by atoms with van der Waals surface area (Å²) in [7, 11) is 0. The molecule has 3 amide bonds. The third kappa shape index (κ3) is 9.48. The number of hydrogen-bond acceptors (Lipinski definition) is 8. The Hall–Kier alpha value is -2.77. The molecule has 0 radical (unpaired) electrons. The van der Waals surface area contributed by atoms with Gasteiger partial charge < -0.3 is 42.1 Å². The van der Waals surface area contributed by atoms with Gasteiger partial charge in [0.1, 0.15) is 6.04 Å². The van der Waals surface area contributed by atoms with Gasteiger partial charge in [-0.05, 0) is 13.3 Å². The van der Waals surface area contributed by atoms with Gasteiger partial charge in [0.25, 0.3) is 0 Å². The minimum absolute atomic E-state index is 0.181. The maximum absolute atomic E-state index is 11.9. The quantitative estimate of drug-likeness (QED) is 0.159. The number of aliphatic hydroxyl groups is 2. The Labute approximate surface area is 153 Å². The summed E-state index contributed by atoms with van der Waals surface area (Å²) in [5.41, 5.74) is 5.47. The Bertz CT molecular complexity index is 567. The molecule has 27 heavy (non-hydrogen) atoms. The summed E-state index contributed by atoms with van der Waals surface area (Å²) in [6.07, 6.45) is -1.92. The Morgan fingerprint density at radius 1 is 1.04 bits per heavy atom. The molecule has 0 aromatic carbocycles. The molecule has 0 heterocycles. The number of hydrogen-bond donors (Lipinski definition) is 8. The van der Waals surface area contributed by atoms with Gasteiger partial charge in [0.05, 0.1) is 25.3 Å². The number of nitrogens with one attached hydrogen (secondary N) is 3. The third-order valence-electron chi connectivity index (χ3n) is 3.31. The normalized spacial score (nSPS) is 15.0. The lowest BCUT2D eigenvalue weighted by Crippen LogP contribution is -2.55. The van der Waals surface area contributed by atoms with Crippen LogP contribution in [0.5, 0.6) is 0 Å². The molecule has 0 saturated carbocycles. The minimum atomic E-state index is -1.57. The van der Waals surface area contributed by atoms with Crippen LogP contribution in [0.15, 0.2) is 0 Å². The maximum Gasteiger partial charge on any atom is 0.328 e. The van der Waals surface area contributed by atoms with E-state index in [0.29, 0.717) is 0 Å². The lowest BCUT2D eigenvalue weighted by Gasteiger charge is -2.20. The Balaban J connectivity index is 4.55. The average Bonchev–Trinajstić information content (AvgIpc) is 2.58. The topological polar surface area (TPSA) is 228 Å². The fraction of sp³-hybridized carbons (Fsp3) is 0.643. The van der Waals surface area contributed by atoms with Gasteiger partial charge in [-0.2, -0.15) is 0 Å². The zero-order valence-electron chi connectivity index (χ0n) is 14.5. The van der Waals surface area contributed by atoms with Crippen LogP contribution < -0.4 is 21.7 Å². The molecule has 13 heteroatoms. The zero-order chi connectivity index (χ0) is 21.1. The van der Waals surface area contributed by atoms with Gasteiger partial charge in [-0.15, -0.1) is 0 Å². The summed E-state index contributed by atoms with van der Waals surface area (Å²) in [4.78, 5) is 56.6. The van der Waals surface area contributed by atoms with Gasteiger partial charge in [-0.1, -0.05) is 0 Å². The molecular weight excluding hydrogens is 368 g/mol. The number of aliphatic hydroxyl groups excluding tert-OH is 2. The van der Waals surface area contributed by atoms with E-state index in [1.165, 1.54) is 0 Å². The van der Waals surface area contributed by atoms with Gasteiger partial charge in [0.15, 0.2) is 6.04 Å². The molecule has 13 nitrogen and oxygen atoms in total.